The summed E-state index contributed by atoms with van der Waals surface area (Å²) in [5.41, 5.74) is 0.664. The first-order valence-electron chi connectivity index (χ1n) is 4.80. The first kappa shape index (κ1) is 12.8. The van der Waals surface area contributed by atoms with Gasteiger partial charge in [-0.25, -0.2) is 0 Å². The number of phenolic OH excluding ortho intramolecular Hbond substituents is 1. The van der Waals surface area contributed by atoms with E-state index in [1.54, 1.807) is 19.1 Å². The molecular weight excluding hydrogens is 276 g/mol. The van der Waals surface area contributed by atoms with Crippen LogP contribution < -0.4 is 4.74 Å². The molecule has 0 aliphatic heterocycles. The molecule has 0 aliphatic rings. The van der Waals surface area contributed by atoms with Crippen molar-refractivity contribution in [1.82, 2.24) is 0 Å². The fourth-order valence-corrected chi connectivity index (χ4v) is 1.73. The number of hydrogen-bond acceptors (Lipinski definition) is 4. The average Bonchev–Trinajstić information content (AvgIpc) is 2.25. The molecule has 0 radical (unpaired) electrons. The van der Waals surface area contributed by atoms with Crippen LogP contribution in [0.3, 0.4) is 0 Å². The Balaban J connectivity index is 2.90. The minimum atomic E-state index is -0.326. The van der Waals surface area contributed by atoms with Crippen LogP contribution in [0, 0.1) is 0 Å². The van der Waals surface area contributed by atoms with E-state index in [4.69, 9.17) is 9.47 Å². The molecule has 0 heterocycles. The molecule has 0 atom stereocenters. The molecular formula is C11H13BrO4. The van der Waals surface area contributed by atoms with Crippen LogP contribution in [-0.2, 0) is 16.0 Å². The Morgan fingerprint density at radius 1 is 1.50 bits per heavy atom. The zero-order valence-electron chi connectivity index (χ0n) is 9.12. The maximum Gasteiger partial charge on any atom is 0.310 e. The Bertz CT molecular complexity index is 390. The number of ether oxygens (including phenoxy) is 2. The number of hydrogen-bond donors (Lipinski definition) is 1. The van der Waals surface area contributed by atoms with Crippen molar-refractivity contribution < 1.29 is 19.4 Å². The van der Waals surface area contributed by atoms with Crippen LogP contribution in [0.4, 0.5) is 0 Å². The minimum absolute atomic E-state index is 0.00991. The highest BCUT2D eigenvalue weighted by atomic mass is 79.9. The first-order chi connectivity index (χ1) is 7.60. The van der Waals surface area contributed by atoms with Crippen LogP contribution >= 0.6 is 15.9 Å². The van der Waals surface area contributed by atoms with E-state index in [0.29, 0.717) is 22.4 Å². The molecule has 0 saturated heterocycles. The lowest BCUT2D eigenvalue weighted by Gasteiger charge is -2.09. The molecule has 88 valence electrons. The van der Waals surface area contributed by atoms with Crippen LogP contribution in [-0.4, -0.2) is 24.8 Å². The second-order valence-corrected chi connectivity index (χ2v) is 3.86. The third kappa shape index (κ3) is 2.88. The Labute approximate surface area is 102 Å². The van der Waals surface area contributed by atoms with Gasteiger partial charge in [0.1, 0.15) is 0 Å². The van der Waals surface area contributed by atoms with E-state index < -0.39 is 0 Å². The van der Waals surface area contributed by atoms with Crippen molar-refractivity contribution in [3.8, 4) is 11.5 Å². The van der Waals surface area contributed by atoms with E-state index in [9.17, 15) is 9.90 Å². The van der Waals surface area contributed by atoms with E-state index in [-0.39, 0.29) is 18.1 Å². The van der Waals surface area contributed by atoms with Gasteiger partial charge in [-0.2, -0.15) is 0 Å². The zero-order chi connectivity index (χ0) is 12.1. The zero-order valence-corrected chi connectivity index (χ0v) is 10.7. The van der Waals surface area contributed by atoms with Gasteiger partial charge in [0, 0.05) is 0 Å². The first-order valence-corrected chi connectivity index (χ1v) is 5.59. The predicted octanol–water partition coefficient (Wildman–Crippen LogP) is 2.27. The molecule has 1 aromatic rings. The summed E-state index contributed by atoms with van der Waals surface area (Å²) in [6.07, 6.45) is 0.117. The van der Waals surface area contributed by atoms with E-state index in [1.807, 2.05) is 0 Å². The number of aromatic hydroxyl groups is 1. The van der Waals surface area contributed by atoms with Gasteiger partial charge >= 0.3 is 5.97 Å². The van der Waals surface area contributed by atoms with Crippen molar-refractivity contribution in [2.75, 3.05) is 13.7 Å². The molecule has 1 N–H and O–H groups in total. The van der Waals surface area contributed by atoms with Gasteiger partial charge < -0.3 is 14.6 Å². The largest absolute Gasteiger partial charge is 0.503 e. The number of esters is 1. The predicted molar refractivity (Wildman–Crippen MR) is 62.7 cm³/mol. The maximum absolute atomic E-state index is 11.3. The van der Waals surface area contributed by atoms with Crippen LogP contribution in [0.25, 0.3) is 0 Å². The van der Waals surface area contributed by atoms with E-state index >= 15 is 0 Å². The highest BCUT2D eigenvalue weighted by Crippen LogP contribution is 2.36. The van der Waals surface area contributed by atoms with Gasteiger partial charge in [0.05, 0.1) is 24.6 Å². The van der Waals surface area contributed by atoms with Gasteiger partial charge in [0.25, 0.3) is 0 Å². The summed E-state index contributed by atoms with van der Waals surface area (Å²) in [6.45, 7) is 2.09. The van der Waals surface area contributed by atoms with E-state index in [2.05, 4.69) is 15.9 Å². The summed E-state index contributed by atoms with van der Waals surface area (Å²) in [7, 11) is 1.46. The molecule has 0 spiro atoms. The average molecular weight is 289 g/mol. The Kier molecular flexibility index (Phi) is 4.61. The summed E-state index contributed by atoms with van der Waals surface area (Å²) in [4.78, 5) is 11.3. The van der Waals surface area contributed by atoms with E-state index in [0.717, 1.165) is 0 Å². The lowest BCUT2D eigenvalue weighted by molar-refractivity contribution is -0.142. The second-order valence-electron chi connectivity index (χ2n) is 3.07. The third-order valence-corrected chi connectivity index (χ3v) is 2.90. The number of carbonyl (C=O) groups excluding carboxylic acids is 1. The number of carbonyl (C=O) groups is 1. The molecule has 0 amide bonds. The second kappa shape index (κ2) is 5.75. The molecule has 0 unspecified atom stereocenters. The van der Waals surface area contributed by atoms with Gasteiger partial charge in [-0.1, -0.05) is 6.07 Å². The van der Waals surface area contributed by atoms with Gasteiger partial charge in [-0.15, -0.1) is 0 Å². The van der Waals surface area contributed by atoms with Gasteiger partial charge in [-0.3, -0.25) is 4.79 Å². The summed E-state index contributed by atoms with van der Waals surface area (Å²) in [5, 5.41) is 9.70. The molecule has 0 bridgehead atoms. The van der Waals surface area contributed by atoms with Crippen molar-refractivity contribution >= 4 is 21.9 Å². The maximum atomic E-state index is 11.3. The molecule has 0 aromatic heterocycles. The van der Waals surface area contributed by atoms with Crippen LogP contribution in [0.15, 0.2) is 16.6 Å². The normalized spacial score (nSPS) is 9.94. The molecule has 0 aliphatic carbocycles. The van der Waals surface area contributed by atoms with E-state index in [1.165, 1.54) is 7.11 Å². The highest BCUT2D eigenvalue weighted by molar-refractivity contribution is 9.10. The van der Waals surface area contributed by atoms with Gasteiger partial charge in [-0.05, 0) is 34.5 Å². The third-order valence-electron chi connectivity index (χ3n) is 2.02. The van der Waals surface area contributed by atoms with Crippen molar-refractivity contribution in [2.45, 2.75) is 13.3 Å². The van der Waals surface area contributed by atoms with Crippen LogP contribution in [0.2, 0.25) is 0 Å². The topological polar surface area (TPSA) is 55.8 Å². The molecule has 0 saturated carbocycles. The Morgan fingerprint density at radius 3 is 2.75 bits per heavy atom. The standard InChI is InChI=1S/C11H13BrO4/c1-3-16-9(13)6-7-4-5-8(15-2)11(14)10(7)12/h4-5,14H,3,6H2,1-2H3. The molecule has 5 heteroatoms. The highest BCUT2D eigenvalue weighted by Gasteiger charge is 2.13. The number of methoxy groups -OCH3 is 1. The van der Waals surface area contributed by atoms with Crippen molar-refractivity contribution in [1.29, 1.82) is 0 Å². The monoisotopic (exact) mass is 288 g/mol. The number of halogens is 1. The number of benzene rings is 1. The van der Waals surface area contributed by atoms with Gasteiger partial charge in [0.2, 0.25) is 0 Å². The number of rotatable bonds is 4. The van der Waals surface area contributed by atoms with Crippen molar-refractivity contribution in [2.24, 2.45) is 0 Å². The van der Waals surface area contributed by atoms with Crippen LogP contribution in [0.1, 0.15) is 12.5 Å². The molecule has 4 nitrogen and oxygen atoms in total. The number of phenols is 1. The molecule has 1 aromatic carbocycles. The fraction of sp³-hybridized carbons (Fsp3) is 0.364. The minimum Gasteiger partial charge on any atom is -0.503 e. The van der Waals surface area contributed by atoms with Crippen molar-refractivity contribution in [3.05, 3.63) is 22.2 Å². The smallest absolute Gasteiger partial charge is 0.310 e. The Morgan fingerprint density at radius 2 is 2.19 bits per heavy atom. The summed E-state index contributed by atoms with van der Waals surface area (Å²) >= 11 is 3.21. The molecule has 1 rings (SSSR count). The van der Waals surface area contributed by atoms with Crippen LogP contribution in [0.5, 0.6) is 11.5 Å². The van der Waals surface area contributed by atoms with Gasteiger partial charge in [0.15, 0.2) is 11.5 Å². The Hall–Kier alpha value is -1.23. The summed E-state index contributed by atoms with van der Waals surface area (Å²) < 4.78 is 10.2. The van der Waals surface area contributed by atoms with Crippen molar-refractivity contribution in [3.63, 3.8) is 0 Å². The summed E-state index contributed by atoms with van der Waals surface area (Å²) in [6, 6.07) is 3.31. The quantitative estimate of drug-likeness (QED) is 0.864. The lowest BCUT2D eigenvalue weighted by atomic mass is 10.1. The molecule has 16 heavy (non-hydrogen) atoms. The summed E-state index contributed by atoms with van der Waals surface area (Å²) in [5.74, 6) is 0.0246. The SMILES string of the molecule is CCOC(=O)Cc1ccc(OC)c(O)c1Br. The fourth-order valence-electron chi connectivity index (χ4n) is 1.26. The lowest BCUT2D eigenvalue weighted by Crippen LogP contribution is -2.08. The molecule has 0 fully saturated rings.